The number of fused-ring (bicyclic) bond motifs is 6. The largest absolute Gasteiger partial charge is 0.228 e. The van der Waals surface area contributed by atoms with Crippen molar-refractivity contribution in [2.24, 2.45) is 0 Å². The van der Waals surface area contributed by atoms with Gasteiger partial charge in [0.25, 0.3) is 0 Å². The van der Waals surface area contributed by atoms with Crippen LogP contribution in [0.15, 0.2) is 224 Å². The summed E-state index contributed by atoms with van der Waals surface area (Å²) in [5.41, 5.74) is 18.0. The molecule has 1 unspecified atom stereocenters. The van der Waals surface area contributed by atoms with Gasteiger partial charge in [-0.1, -0.05) is 176 Å². The number of rotatable bonds is 7. The first-order valence-electron chi connectivity index (χ1n) is 21.6. The summed E-state index contributed by atoms with van der Waals surface area (Å²) in [5.74, 6) is 0.695. The zero-order valence-corrected chi connectivity index (χ0v) is 35.5. The molecule has 0 fully saturated rings. The molecule has 0 saturated heterocycles. The van der Waals surface area contributed by atoms with Gasteiger partial charge in [-0.05, 0) is 117 Å². The lowest BCUT2D eigenvalue weighted by atomic mass is 9.74. The maximum atomic E-state index is 5.39. The van der Waals surface area contributed by atoms with Crippen LogP contribution in [0, 0.1) is 0 Å². The molecule has 0 saturated carbocycles. The highest BCUT2D eigenvalue weighted by Gasteiger charge is 2.40. The van der Waals surface area contributed by atoms with Crippen LogP contribution >= 0.6 is 11.3 Å². The number of nitrogens with zero attached hydrogens (tertiary/aromatic N) is 2. The molecule has 0 N–H and O–H groups in total. The third-order valence-corrected chi connectivity index (χ3v) is 14.1. The van der Waals surface area contributed by atoms with Gasteiger partial charge >= 0.3 is 0 Å². The average molecular weight is 821 g/mol. The minimum atomic E-state index is -0.275. The molecule has 0 amide bonds. The van der Waals surface area contributed by atoms with Crippen LogP contribution in [0.2, 0.25) is 0 Å². The Labute approximate surface area is 371 Å². The molecule has 3 heteroatoms. The van der Waals surface area contributed by atoms with E-state index in [9.17, 15) is 0 Å². The molecule has 296 valence electrons. The normalized spacial score (nSPS) is 14.2. The summed E-state index contributed by atoms with van der Waals surface area (Å²) in [7, 11) is 0. The first kappa shape index (κ1) is 37.1. The SMILES string of the molecule is CC1(c2ccccc2)c2ccccc2-c2cc(-c3cc(-c4cc(-c5ccc6sc7ccccc7c6c5)cc(-c5ccccc5-c5ccccc5)c4)nc(-c4ccccc4)n3)ccc21. The predicted octanol–water partition coefficient (Wildman–Crippen LogP) is 16.2. The van der Waals surface area contributed by atoms with Crippen LogP contribution in [-0.4, -0.2) is 9.97 Å². The molecule has 1 aliphatic rings. The van der Waals surface area contributed by atoms with E-state index >= 15 is 0 Å². The van der Waals surface area contributed by atoms with Crippen LogP contribution in [-0.2, 0) is 5.41 Å². The second kappa shape index (κ2) is 15.0. The number of hydrogen-bond donors (Lipinski definition) is 0. The van der Waals surface area contributed by atoms with E-state index in [1.807, 2.05) is 17.4 Å². The van der Waals surface area contributed by atoms with Crippen molar-refractivity contribution in [1.29, 1.82) is 0 Å². The van der Waals surface area contributed by atoms with Crippen molar-refractivity contribution in [3.8, 4) is 78.4 Å². The Morgan fingerprint density at radius 2 is 0.889 bits per heavy atom. The van der Waals surface area contributed by atoms with Crippen LogP contribution in [0.4, 0.5) is 0 Å². The highest BCUT2D eigenvalue weighted by Crippen LogP contribution is 2.53. The van der Waals surface area contributed by atoms with Crippen molar-refractivity contribution < 1.29 is 0 Å². The van der Waals surface area contributed by atoms with Crippen LogP contribution in [0.25, 0.3) is 98.6 Å². The van der Waals surface area contributed by atoms with Gasteiger partial charge in [-0.3, -0.25) is 0 Å². The smallest absolute Gasteiger partial charge is 0.160 e. The Morgan fingerprint density at radius 1 is 0.333 bits per heavy atom. The highest BCUT2D eigenvalue weighted by molar-refractivity contribution is 7.25. The second-order valence-electron chi connectivity index (χ2n) is 16.6. The first-order valence-corrected chi connectivity index (χ1v) is 22.4. The van der Waals surface area contributed by atoms with E-state index in [0.717, 1.165) is 39.2 Å². The minimum absolute atomic E-state index is 0.275. The Balaban J connectivity index is 1.07. The fourth-order valence-corrected chi connectivity index (χ4v) is 10.9. The molecule has 2 heterocycles. The van der Waals surface area contributed by atoms with Crippen molar-refractivity contribution in [2.45, 2.75) is 12.3 Å². The zero-order valence-electron chi connectivity index (χ0n) is 34.7. The molecule has 0 radical (unpaired) electrons. The molecule has 1 atom stereocenters. The second-order valence-corrected chi connectivity index (χ2v) is 17.7. The monoisotopic (exact) mass is 820 g/mol. The maximum Gasteiger partial charge on any atom is 0.160 e. The van der Waals surface area contributed by atoms with E-state index in [1.165, 1.54) is 70.2 Å². The summed E-state index contributed by atoms with van der Waals surface area (Å²) >= 11 is 1.85. The van der Waals surface area contributed by atoms with Crippen molar-refractivity contribution in [3.63, 3.8) is 0 Å². The van der Waals surface area contributed by atoms with Gasteiger partial charge in [0, 0.05) is 42.3 Å². The topological polar surface area (TPSA) is 25.8 Å². The molecule has 0 spiro atoms. The molecule has 0 bridgehead atoms. The van der Waals surface area contributed by atoms with Crippen molar-refractivity contribution in [3.05, 3.63) is 241 Å². The average Bonchev–Trinajstić information content (AvgIpc) is 3.87. The van der Waals surface area contributed by atoms with Gasteiger partial charge in [-0.2, -0.15) is 0 Å². The van der Waals surface area contributed by atoms with Crippen LogP contribution < -0.4 is 0 Å². The fraction of sp³-hybridized carbons (Fsp3) is 0.0333. The Bertz CT molecular complexity index is 3520. The van der Waals surface area contributed by atoms with Crippen LogP contribution in [0.1, 0.15) is 23.6 Å². The third-order valence-electron chi connectivity index (χ3n) is 13.0. The van der Waals surface area contributed by atoms with E-state index in [4.69, 9.17) is 9.97 Å². The van der Waals surface area contributed by atoms with Crippen molar-refractivity contribution >= 4 is 31.5 Å². The molecular weight excluding hydrogens is 781 g/mol. The minimum Gasteiger partial charge on any atom is -0.228 e. The quantitative estimate of drug-likeness (QED) is 0.160. The summed E-state index contributed by atoms with van der Waals surface area (Å²) in [4.78, 5) is 10.7. The third kappa shape index (κ3) is 6.31. The predicted molar refractivity (Wildman–Crippen MR) is 265 cm³/mol. The standard InChI is InChI=1S/C60H40N2S/c1-60(46-21-9-4-10-22-46)53-27-15-13-25-49(53)51-37-42(29-31-54(51)60)55-38-56(62-59(61-55)40-19-7-3-8-20-40)45-34-43(41-30-32-58-52(36-41)50-26-14-16-28-57(50)63-58)33-44(35-45)48-24-12-11-23-47(48)39-17-5-2-6-18-39/h2-38H,1H3. The molecule has 0 aliphatic heterocycles. The Hall–Kier alpha value is -7.72. The fourth-order valence-electron chi connectivity index (χ4n) is 9.81. The molecular formula is C60H40N2S. The Morgan fingerprint density at radius 3 is 1.67 bits per heavy atom. The van der Waals surface area contributed by atoms with E-state index in [-0.39, 0.29) is 5.41 Å². The zero-order chi connectivity index (χ0) is 41.9. The summed E-state index contributed by atoms with van der Waals surface area (Å²) in [6, 6.07) is 81.3. The van der Waals surface area contributed by atoms with Gasteiger partial charge in [0.2, 0.25) is 0 Å². The molecule has 63 heavy (non-hydrogen) atoms. The summed E-state index contributed by atoms with van der Waals surface area (Å²) in [6.07, 6.45) is 0. The lowest BCUT2D eigenvalue weighted by molar-refractivity contribution is 0.714. The van der Waals surface area contributed by atoms with Gasteiger partial charge in [0.15, 0.2) is 5.82 Å². The van der Waals surface area contributed by atoms with Gasteiger partial charge in [-0.25, -0.2) is 9.97 Å². The molecule has 2 aromatic heterocycles. The highest BCUT2D eigenvalue weighted by atomic mass is 32.1. The maximum absolute atomic E-state index is 5.39. The summed E-state index contributed by atoms with van der Waals surface area (Å²) in [6.45, 7) is 2.36. The Kier molecular flexibility index (Phi) is 8.84. The number of hydrogen-bond acceptors (Lipinski definition) is 3. The number of benzene rings is 9. The molecule has 2 nitrogen and oxygen atoms in total. The summed E-state index contributed by atoms with van der Waals surface area (Å²) in [5, 5.41) is 2.57. The van der Waals surface area contributed by atoms with E-state index in [1.54, 1.807) is 0 Å². The lowest BCUT2D eigenvalue weighted by Gasteiger charge is -2.28. The van der Waals surface area contributed by atoms with Gasteiger partial charge in [0.05, 0.1) is 11.4 Å². The van der Waals surface area contributed by atoms with Crippen LogP contribution in [0.5, 0.6) is 0 Å². The first-order chi connectivity index (χ1) is 31.1. The van der Waals surface area contributed by atoms with Gasteiger partial charge in [0.1, 0.15) is 0 Å². The molecule has 1 aliphatic carbocycles. The van der Waals surface area contributed by atoms with Gasteiger partial charge in [-0.15, -0.1) is 11.3 Å². The molecule has 12 rings (SSSR count). The van der Waals surface area contributed by atoms with E-state index < -0.39 is 0 Å². The van der Waals surface area contributed by atoms with E-state index in [2.05, 4.69) is 225 Å². The lowest BCUT2D eigenvalue weighted by Crippen LogP contribution is -2.22. The van der Waals surface area contributed by atoms with Crippen LogP contribution in [0.3, 0.4) is 0 Å². The summed E-state index contributed by atoms with van der Waals surface area (Å²) < 4.78 is 2.59. The van der Waals surface area contributed by atoms with E-state index in [0.29, 0.717) is 5.82 Å². The van der Waals surface area contributed by atoms with Crippen molar-refractivity contribution in [1.82, 2.24) is 9.97 Å². The molecule has 9 aromatic carbocycles. The van der Waals surface area contributed by atoms with Crippen molar-refractivity contribution in [2.75, 3.05) is 0 Å². The van der Waals surface area contributed by atoms with Gasteiger partial charge < -0.3 is 0 Å². The number of aromatic nitrogens is 2. The number of thiophene rings is 1. The molecule has 11 aromatic rings.